The van der Waals surface area contributed by atoms with Crippen LogP contribution in [0.4, 0.5) is 0 Å². The van der Waals surface area contributed by atoms with Crippen molar-refractivity contribution in [3.8, 4) is 5.75 Å². The molecule has 0 N–H and O–H groups in total. The normalized spacial score (nSPS) is 21.5. The molecule has 0 radical (unpaired) electrons. The van der Waals surface area contributed by atoms with E-state index in [2.05, 4.69) is 43.3 Å². The molecule has 1 saturated carbocycles. The van der Waals surface area contributed by atoms with Gasteiger partial charge in [-0.25, -0.2) is 0 Å². The molecule has 1 nitrogen and oxygen atoms in total. The van der Waals surface area contributed by atoms with Crippen molar-refractivity contribution in [3.05, 3.63) is 42.0 Å². The van der Waals surface area contributed by atoms with Crippen LogP contribution in [0.1, 0.15) is 69.8 Å². The lowest BCUT2D eigenvalue weighted by atomic mass is 9.77. The quantitative estimate of drug-likeness (QED) is 0.539. The maximum absolute atomic E-state index is 5.32. The SMILES string of the molecule is CCCCCC1CCC(c2ccc3cc(OC)ccc3c2)CC1. The van der Waals surface area contributed by atoms with Crippen molar-refractivity contribution in [3.63, 3.8) is 0 Å². The number of methoxy groups -OCH3 is 1. The van der Waals surface area contributed by atoms with Gasteiger partial charge in [-0.2, -0.15) is 0 Å². The summed E-state index contributed by atoms with van der Waals surface area (Å²) in [6.07, 6.45) is 11.2. The number of fused-ring (bicyclic) bond motifs is 1. The van der Waals surface area contributed by atoms with Gasteiger partial charge in [0.15, 0.2) is 0 Å². The number of benzene rings is 2. The molecule has 1 fully saturated rings. The summed E-state index contributed by atoms with van der Waals surface area (Å²) in [6.45, 7) is 2.30. The van der Waals surface area contributed by atoms with E-state index in [1.54, 1.807) is 7.11 Å². The third-order valence-electron chi connectivity index (χ3n) is 5.61. The molecular formula is C22H30O. The second-order valence-corrected chi connectivity index (χ2v) is 7.19. The maximum atomic E-state index is 5.32. The lowest BCUT2D eigenvalue weighted by Crippen LogP contribution is -2.13. The van der Waals surface area contributed by atoms with Crippen LogP contribution in [-0.4, -0.2) is 7.11 Å². The highest BCUT2D eigenvalue weighted by Gasteiger charge is 2.22. The summed E-state index contributed by atoms with van der Waals surface area (Å²) >= 11 is 0. The fraction of sp³-hybridized carbons (Fsp3) is 0.545. The average molecular weight is 310 g/mol. The van der Waals surface area contributed by atoms with Gasteiger partial charge in [-0.1, -0.05) is 56.9 Å². The molecule has 0 aliphatic heterocycles. The molecule has 1 aliphatic rings. The van der Waals surface area contributed by atoms with E-state index in [4.69, 9.17) is 4.74 Å². The zero-order chi connectivity index (χ0) is 16.1. The van der Waals surface area contributed by atoms with Gasteiger partial charge in [0.05, 0.1) is 7.11 Å². The Bertz CT molecular complexity index is 623. The van der Waals surface area contributed by atoms with Crippen LogP contribution in [0.5, 0.6) is 5.75 Å². The fourth-order valence-corrected chi connectivity index (χ4v) is 4.09. The molecule has 0 aromatic heterocycles. The molecule has 0 saturated heterocycles. The highest BCUT2D eigenvalue weighted by atomic mass is 16.5. The van der Waals surface area contributed by atoms with Crippen molar-refractivity contribution < 1.29 is 4.74 Å². The van der Waals surface area contributed by atoms with E-state index < -0.39 is 0 Å². The second-order valence-electron chi connectivity index (χ2n) is 7.19. The Labute approximate surface area is 141 Å². The Morgan fingerprint density at radius 1 is 0.913 bits per heavy atom. The topological polar surface area (TPSA) is 9.23 Å². The minimum Gasteiger partial charge on any atom is -0.497 e. The van der Waals surface area contributed by atoms with Crippen molar-refractivity contribution in [2.75, 3.05) is 7.11 Å². The van der Waals surface area contributed by atoms with Gasteiger partial charge in [0.2, 0.25) is 0 Å². The minimum atomic E-state index is 0.768. The zero-order valence-electron chi connectivity index (χ0n) is 14.7. The second kappa shape index (κ2) is 7.86. The zero-order valence-corrected chi connectivity index (χ0v) is 14.7. The van der Waals surface area contributed by atoms with Crippen molar-refractivity contribution in [2.45, 2.75) is 64.2 Å². The molecule has 3 rings (SSSR count). The van der Waals surface area contributed by atoms with E-state index in [9.17, 15) is 0 Å². The van der Waals surface area contributed by atoms with E-state index in [1.807, 2.05) is 0 Å². The molecule has 124 valence electrons. The van der Waals surface area contributed by atoms with Gasteiger partial charge in [-0.3, -0.25) is 0 Å². The van der Waals surface area contributed by atoms with Crippen LogP contribution in [0.15, 0.2) is 36.4 Å². The summed E-state index contributed by atoms with van der Waals surface area (Å²) < 4.78 is 5.32. The standard InChI is InChI=1S/C22H30O/c1-3-4-5-6-17-7-9-18(10-8-17)19-11-12-21-16-22(23-2)14-13-20(21)15-19/h11-18H,3-10H2,1-2H3. The number of unbranched alkanes of at least 4 members (excludes halogenated alkanes) is 2. The minimum absolute atomic E-state index is 0.768. The Morgan fingerprint density at radius 2 is 1.65 bits per heavy atom. The van der Waals surface area contributed by atoms with Gasteiger partial charge in [-0.05, 0) is 66.0 Å². The Kier molecular flexibility index (Phi) is 5.59. The van der Waals surface area contributed by atoms with Crippen molar-refractivity contribution in [2.24, 2.45) is 5.92 Å². The van der Waals surface area contributed by atoms with E-state index in [1.165, 1.54) is 67.7 Å². The Balaban J connectivity index is 1.63. The van der Waals surface area contributed by atoms with Crippen LogP contribution in [0, 0.1) is 5.92 Å². The number of hydrogen-bond acceptors (Lipinski definition) is 1. The predicted molar refractivity (Wildman–Crippen MR) is 99.3 cm³/mol. The van der Waals surface area contributed by atoms with E-state index in [-0.39, 0.29) is 0 Å². The summed E-state index contributed by atoms with van der Waals surface area (Å²) in [5.74, 6) is 2.70. The Morgan fingerprint density at radius 3 is 2.39 bits per heavy atom. The molecule has 0 heterocycles. The maximum Gasteiger partial charge on any atom is 0.119 e. The molecule has 1 heteroatoms. The number of rotatable bonds is 6. The molecule has 2 aromatic rings. The van der Waals surface area contributed by atoms with Crippen LogP contribution in [0.25, 0.3) is 10.8 Å². The molecule has 0 atom stereocenters. The van der Waals surface area contributed by atoms with Crippen LogP contribution in [-0.2, 0) is 0 Å². The lowest BCUT2D eigenvalue weighted by Gasteiger charge is -2.29. The number of hydrogen-bond donors (Lipinski definition) is 0. The summed E-state index contributed by atoms with van der Waals surface area (Å²) in [5.41, 5.74) is 1.54. The highest BCUT2D eigenvalue weighted by molar-refractivity contribution is 5.84. The highest BCUT2D eigenvalue weighted by Crippen LogP contribution is 2.38. The first-order valence-electron chi connectivity index (χ1n) is 9.38. The van der Waals surface area contributed by atoms with Crippen molar-refractivity contribution in [1.29, 1.82) is 0 Å². The van der Waals surface area contributed by atoms with Gasteiger partial charge in [-0.15, -0.1) is 0 Å². The van der Waals surface area contributed by atoms with Crippen LogP contribution >= 0.6 is 0 Å². The molecule has 0 unspecified atom stereocenters. The van der Waals surface area contributed by atoms with E-state index in [0.29, 0.717) is 0 Å². The van der Waals surface area contributed by atoms with E-state index >= 15 is 0 Å². The van der Waals surface area contributed by atoms with Gasteiger partial charge in [0.25, 0.3) is 0 Å². The van der Waals surface area contributed by atoms with Gasteiger partial charge >= 0.3 is 0 Å². The van der Waals surface area contributed by atoms with E-state index in [0.717, 1.165) is 17.6 Å². The third kappa shape index (κ3) is 4.07. The van der Waals surface area contributed by atoms with Crippen LogP contribution < -0.4 is 4.74 Å². The molecule has 2 aromatic carbocycles. The summed E-state index contributed by atoms with van der Waals surface area (Å²) in [4.78, 5) is 0. The summed E-state index contributed by atoms with van der Waals surface area (Å²) in [5, 5.41) is 2.62. The summed E-state index contributed by atoms with van der Waals surface area (Å²) in [6, 6.07) is 13.4. The first kappa shape index (κ1) is 16.4. The first-order valence-corrected chi connectivity index (χ1v) is 9.38. The average Bonchev–Trinajstić information content (AvgIpc) is 2.61. The molecule has 0 spiro atoms. The molecular weight excluding hydrogens is 280 g/mol. The largest absolute Gasteiger partial charge is 0.497 e. The monoisotopic (exact) mass is 310 g/mol. The fourth-order valence-electron chi connectivity index (χ4n) is 4.09. The third-order valence-corrected chi connectivity index (χ3v) is 5.61. The van der Waals surface area contributed by atoms with Crippen molar-refractivity contribution in [1.82, 2.24) is 0 Å². The van der Waals surface area contributed by atoms with Crippen LogP contribution in [0.2, 0.25) is 0 Å². The lowest BCUT2D eigenvalue weighted by molar-refractivity contribution is 0.303. The molecule has 0 bridgehead atoms. The van der Waals surface area contributed by atoms with Gasteiger partial charge in [0.1, 0.15) is 5.75 Å². The summed E-state index contributed by atoms with van der Waals surface area (Å²) in [7, 11) is 1.73. The molecule has 1 aliphatic carbocycles. The number of ether oxygens (including phenoxy) is 1. The molecule has 0 amide bonds. The van der Waals surface area contributed by atoms with Crippen LogP contribution in [0.3, 0.4) is 0 Å². The Hall–Kier alpha value is -1.50. The smallest absolute Gasteiger partial charge is 0.119 e. The van der Waals surface area contributed by atoms with Gasteiger partial charge in [0, 0.05) is 0 Å². The van der Waals surface area contributed by atoms with Crippen molar-refractivity contribution >= 4 is 10.8 Å². The molecule has 23 heavy (non-hydrogen) atoms. The first-order chi connectivity index (χ1) is 11.3. The predicted octanol–water partition coefficient (Wildman–Crippen LogP) is 6.70. The van der Waals surface area contributed by atoms with Gasteiger partial charge < -0.3 is 4.74 Å².